The highest BCUT2D eigenvalue weighted by atomic mass is 79.9. The molecule has 1 heterocycles. The first-order valence-electron chi connectivity index (χ1n) is 11.3. The van der Waals surface area contributed by atoms with Gasteiger partial charge in [-0.25, -0.2) is 4.79 Å². The van der Waals surface area contributed by atoms with Gasteiger partial charge in [0.15, 0.2) is 0 Å². The lowest BCUT2D eigenvalue weighted by Gasteiger charge is -2.42. The number of hydrogen-bond acceptors (Lipinski definition) is 3. The second kappa shape index (κ2) is 10.3. The Kier molecular flexibility index (Phi) is 8.03. The van der Waals surface area contributed by atoms with Crippen molar-refractivity contribution in [3.63, 3.8) is 0 Å². The molecule has 186 valence electrons. The number of alkyl halides is 3. The van der Waals surface area contributed by atoms with Gasteiger partial charge in [0.25, 0.3) is 0 Å². The van der Waals surface area contributed by atoms with Gasteiger partial charge in [0.05, 0.1) is 18.3 Å². The van der Waals surface area contributed by atoms with E-state index in [1.165, 1.54) is 0 Å². The number of carbonyl (C=O) groups is 1. The number of ether oxygens (including phenoxy) is 2. The topological polar surface area (TPSA) is 38.8 Å². The molecule has 0 radical (unpaired) electrons. The van der Waals surface area contributed by atoms with Gasteiger partial charge in [-0.2, -0.15) is 13.2 Å². The molecule has 2 aromatic carbocycles. The van der Waals surface area contributed by atoms with Gasteiger partial charge in [-0.05, 0) is 69.9 Å². The lowest BCUT2D eigenvalue weighted by Crippen LogP contribution is -2.48. The summed E-state index contributed by atoms with van der Waals surface area (Å²) in [4.78, 5) is 14.2. The van der Waals surface area contributed by atoms with Crippen molar-refractivity contribution in [3.8, 4) is 0 Å². The summed E-state index contributed by atoms with van der Waals surface area (Å²) in [7, 11) is 0. The average molecular weight is 542 g/mol. The molecule has 8 heteroatoms. The van der Waals surface area contributed by atoms with Crippen LogP contribution in [0.3, 0.4) is 0 Å². The summed E-state index contributed by atoms with van der Waals surface area (Å²) < 4.78 is 51.9. The van der Waals surface area contributed by atoms with Crippen molar-refractivity contribution in [2.45, 2.75) is 63.8 Å². The molecule has 0 unspecified atom stereocenters. The molecule has 0 aliphatic carbocycles. The van der Waals surface area contributed by atoms with E-state index in [0.717, 1.165) is 17.7 Å². The smallest absolute Gasteiger partial charge is 0.416 e. The van der Waals surface area contributed by atoms with Gasteiger partial charge in [-0.15, -0.1) is 0 Å². The second-order valence-corrected chi connectivity index (χ2v) is 10.8. The lowest BCUT2D eigenvalue weighted by atomic mass is 9.73. The number of benzene rings is 2. The Morgan fingerprint density at radius 2 is 1.71 bits per heavy atom. The van der Waals surface area contributed by atoms with Crippen molar-refractivity contribution >= 4 is 22.0 Å². The molecular formula is C26H31BrF3NO3. The van der Waals surface area contributed by atoms with E-state index in [9.17, 15) is 18.0 Å². The maximum atomic E-state index is 13.3. The zero-order valence-electron chi connectivity index (χ0n) is 19.9. The van der Waals surface area contributed by atoms with Crippen LogP contribution >= 0.6 is 15.9 Å². The zero-order chi connectivity index (χ0) is 25.1. The molecule has 1 atom stereocenters. The Labute approximate surface area is 207 Å². The summed E-state index contributed by atoms with van der Waals surface area (Å²) in [6, 6.07) is 13.8. The van der Waals surface area contributed by atoms with Crippen LogP contribution in [0.25, 0.3) is 0 Å². The van der Waals surface area contributed by atoms with Crippen LogP contribution in [0, 0.1) is 0 Å². The second-order valence-electron chi connectivity index (χ2n) is 9.84. The maximum Gasteiger partial charge on any atom is 0.416 e. The SMILES string of the molecule is C[C@H](OCC1(c2ccccc2)CCN(C(=O)OC(C)(C)C)CC1)c1cc(Br)cc(C(F)(F)F)c1. The number of amides is 1. The maximum absolute atomic E-state index is 13.3. The summed E-state index contributed by atoms with van der Waals surface area (Å²) in [6.07, 6.45) is -3.98. The van der Waals surface area contributed by atoms with Gasteiger partial charge in [0, 0.05) is 23.0 Å². The largest absolute Gasteiger partial charge is 0.444 e. The van der Waals surface area contributed by atoms with E-state index in [2.05, 4.69) is 15.9 Å². The molecule has 0 bridgehead atoms. The van der Waals surface area contributed by atoms with Gasteiger partial charge in [-0.1, -0.05) is 46.3 Å². The molecule has 0 N–H and O–H groups in total. The average Bonchev–Trinajstić information content (AvgIpc) is 2.76. The summed E-state index contributed by atoms with van der Waals surface area (Å²) in [5, 5.41) is 0. The lowest BCUT2D eigenvalue weighted by molar-refractivity contribution is -0.137. The molecule has 1 fully saturated rings. The fourth-order valence-electron chi connectivity index (χ4n) is 4.14. The third kappa shape index (κ3) is 6.75. The highest BCUT2D eigenvalue weighted by Gasteiger charge is 2.39. The Morgan fingerprint density at radius 3 is 2.26 bits per heavy atom. The predicted octanol–water partition coefficient (Wildman–Crippen LogP) is 7.51. The number of hydrogen-bond donors (Lipinski definition) is 0. The molecule has 0 saturated carbocycles. The van der Waals surface area contributed by atoms with E-state index in [0.29, 0.717) is 42.6 Å². The predicted molar refractivity (Wildman–Crippen MR) is 129 cm³/mol. The molecule has 34 heavy (non-hydrogen) atoms. The highest BCUT2D eigenvalue weighted by molar-refractivity contribution is 9.10. The Hall–Kier alpha value is -2.06. The van der Waals surface area contributed by atoms with E-state index in [1.54, 1.807) is 17.9 Å². The van der Waals surface area contributed by atoms with E-state index in [-0.39, 0.29) is 11.5 Å². The molecule has 1 aliphatic heterocycles. The van der Waals surface area contributed by atoms with Gasteiger partial charge in [0.1, 0.15) is 5.60 Å². The van der Waals surface area contributed by atoms with Crippen LogP contribution in [0.5, 0.6) is 0 Å². The van der Waals surface area contributed by atoms with Crippen molar-refractivity contribution in [2.75, 3.05) is 19.7 Å². The zero-order valence-corrected chi connectivity index (χ0v) is 21.5. The van der Waals surface area contributed by atoms with Crippen molar-refractivity contribution in [2.24, 2.45) is 0 Å². The number of carbonyl (C=O) groups excluding carboxylic acids is 1. The van der Waals surface area contributed by atoms with Crippen LogP contribution in [0.2, 0.25) is 0 Å². The molecule has 0 spiro atoms. The van der Waals surface area contributed by atoms with Gasteiger partial charge in [0.2, 0.25) is 0 Å². The van der Waals surface area contributed by atoms with E-state index in [4.69, 9.17) is 9.47 Å². The minimum atomic E-state index is -4.43. The number of likely N-dealkylation sites (tertiary alicyclic amines) is 1. The van der Waals surface area contributed by atoms with Gasteiger partial charge >= 0.3 is 12.3 Å². The molecule has 0 aromatic heterocycles. The molecule has 1 aliphatic rings. The van der Waals surface area contributed by atoms with E-state index >= 15 is 0 Å². The van der Waals surface area contributed by atoms with Crippen LogP contribution in [0.1, 0.15) is 63.3 Å². The third-order valence-electron chi connectivity index (χ3n) is 6.08. The minimum absolute atomic E-state index is 0.328. The quantitative estimate of drug-likeness (QED) is 0.393. The normalized spacial score (nSPS) is 17.4. The van der Waals surface area contributed by atoms with Crippen LogP contribution in [0.4, 0.5) is 18.0 Å². The number of halogens is 4. The standard InChI is InChI=1S/C26H31BrF3NO3/c1-18(19-14-21(26(28,29)30)16-22(27)15-19)33-17-25(20-8-6-5-7-9-20)10-12-31(13-11-25)23(32)34-24(2,3)4/h5-9,14-16,18H,10-13,17H2,1-4H3/t18-/m0/s1. The third-order valence-corrected chi connectivity index (χ3v) is 6.54. The van der Waals surface area contributed by atoms with E-state index in [1.807, 2.05) is 51.1 Å². The number of piperidine rings is 1. The number of rotatable bonds is 5. The van der Waals surface area contributed by atoms with Crippen molar-refractivity contribution in [1.82, 2.24) is 4.90 Å². The Balaban J connectivity index is 1.76. The van der Waals surface area contributed by atoms with Crippen LogP contribution in [0.15, 0.2) is 53.0 Å². The minimum Gasteiger partial charge on any atom is -0.444 e. The van der Waals surface area contributed by atoms with Crippen LogP contribution in [-0.4, -0.2) is 36.3 Å². The first-order chi connectivity index (χ1) is 15.8. The van der Waals surface area contributed by atoms with Crippen molar-refractivity contribution in [3.05, 3.63) is 69.7 Å². The monoisotopic (exact) mass is 541 g/mol. The van der Waals surface area contributed by atoms with E-state index < -0.39 is 23.4 Å². The Morgan fingerprint density at radius 1 is 1.09 bits per heavy atom. The molecule has 1 amide bonds. The first-order valence-corrected chi connectivity index (χ1v) is 12.1. The fraction of sp³-hybridized carbons (Fsp3) is 0.500. The molecule has 2 aromatic rings. The van der Waals surface area contributed by atoms with Crippen LogP contribution < -0.4 is 0 Å². The van der Waals surface area contributed by atoms with Gasteiger partial charge < -0.3 is 14.4 Å². The molecular weight excluding hydrogens is 511 g/mol. The molecule has 3 rings (SSSR count). The Bertz CT molecular complexity index is 981. The van der Waals surface area contributed by atoms with Gasteiger partial charge in [-0.3, -0.25) is 0 Å². The van der Waals surface area contributed by atoms with Crippen LogP contribution in [-0.2, 0) is 21.1 Å². The molecule has 1 saturated heterocycles. The summed E-state index contributed by atoms with van der Waals surface area (Å²) in [6.45, 7) is 8.62. The van der Waals surface area contributed by atoms with Crippen molar-refractivity contribution < 1.29 is 27.4 Å². The highest BCUT2D eigenvalue weighted by Crippen LogP contribution is 2.39. The summed E-state index contributed by atoms with van der Waals surface area (Å²) in [5.41, 5.74) is -0.0847. The fourth-order valence-corrected chi connectivity index (χ4v) is 4.65. The van der Waals surface area contributed by atoms with Crippen molar-refractivity contribution in [1.29, 1.82) is 0 Å². The summed E-state index contributed by atoms with van der Waals surface area (Å²) >= 11 is 3.18. The number of nitrogens with zero attached hydrogens (tertiary/aromatic N) is 1. The molecule has 4 nitrogen and oxygen atoms in total. The first kappa shape index (κ1) is 26.5. The summed E-state index contributed by atoms with van der Waals surface area (Å²) in [5.74, 6) is 0.